The average molecular weight is 461 g/mol. The first-order valence-corrected chi connectivity index (χ1v) is 11.0. The van der Waals surface area contributed by atoms with Gasteiger partial charge in [-0.15, -0.1) is 0 Å². The molecule has 1 saturated heterocycles. The smallest absolute Gasteiger partial charge is 0.338 e. The lowest BCUT2D eigenvalue weighted by atomic mass is 9.92. The van der Waals surface area contributed by atoms with Crippen LogP contribution in [0.4, 0.5) is 4.79 Å². The fourth-order valence-corrected chi connectivity index (χ4v) is 4.29. The monoisotopic (exact) mass is 460 g/mol. The molecule has 0 aliphatic carbocycles. The van der Waals surface area contributed by atoms with Crippen molar-refractivity contribution in [3.05, 3.63) is 40.6 Å². The van der Waals surface area contributed by atoms with E-state index in [0.29, 0.717) is 61.7 Å². The predicted octanol–water partition coefficient (Wildman–Crippen LogP) is 1.21. The zero-order chi connectivity index (χ0) is 24.0. The second-order valence-electron chi connectivity index (χ2n) is 8.10. The van der Waals surface area contributed by atoms with Crippen LogP contribution in [-0.2, 0) is 25.7 Å². The normalized spacial score (nSPS) is 19.6. The van der Waals surface area contributed by atoms with Crippen LogP contribution >= 0.6 is 0 Å². The number of esters is 1. The number of nitrogens with zero attached hydrogens (tertiary/aromatic N) is 1. The molecule has 0 saturated carbocycles. The number of carbonyl (C=O) groups is 3. The maximum absolute atomic E-state index is 13.0. The molecular weight excluding hydrogens is 428 g/mol. The number of urea groups is 1. The van der Waals surface area contributed by atoms with Crippen molar-refractivity contribution in [3.63, 3.8) is 0 Å². The van der Waals surface area contributed by atoms with Gasteiger partial charge in [-0.1, -0.05) is 6.07 Å². The van der Waals surface area contributed by atoms with Gasteiger partial charge in [0.1, 0.15) is 5.75 Å². The molecule has 2 aliphatic heterocycles. The minimum atomic E-state index is -0.697. The van der Waals surface area contributed by atoms with E-state index in [4.69, 9.17) is 19.9 Å². The van der Waals surface area contributed by atoms with Gasteiger partial charge in [0.25, 0.3) is 0 Å². The molecule has 4 N–H and O–H groups in total. The number of benzene rings is 1. The Bertz CT molecular complexity index is 924. The molecule has 1 aromatic carbocycles. The van der Waals surface area contributed by atoms with Crippen molar-refractivity contribution in [2.75, 3.05) is 40.5 Å². The van der Waals surface area contributed by atoms with Gasteiger partial charge in [0, 0.05) is 30.8 Å². The third kappa shape index (κ3) is 5.82. The summed E-state index contributed by atoms with van der Waals surface area (Å²) in [6.07, 6.45) is 1.29. The number of carbonyl (C=O) groups excluding carboxylic acids is 3. The maximum Gasteiger partial charge on any atom is 0.338 e. The number of piperidine rings is 1. The topological polar surface area (TPSA) is 132 Å². The molecular formula is C23H32N4O6. The number of hydrogen-bond donors (Lipinski definition) is 3. The lowest BCUT2D eigenvalue weighted by molar-refractivity contribution is -0.139. The summed E-state index contributed by atoms with van der Waals surface area (Å²) in [6.45, 7) is 3.89. The minimum Gasteiger partial charge on any atom is -0.496 e. The van der Waals surface area contributed by atoms with E-state index in [1.54, 1.807) is 27.2 Å². The molecule has 0 unspecified atom stereocenters. The first-order valence-electron chi connectivity index (χ1n) is 11.0. The molecule has 33 heavy (non-hydrogen) atoms. The van der Waals surface area contributed by atoms with Crippen molar-refractivity contribution < 1.29 is 28.6 Å². The number of rotatable bonds is 9. The van der Waals surface area contributed by atoms with E-state index >= 15 is 0 Å². The van der Waals surface area contributed by atoms with Gasteiger partial charge in [-0.25, -0.2) is 9.59 Å². The largest absolute Gasteiger partial charge is 0.496 e. The third-order valence-electron chi connectivity index (χ3n) is 5.96. The van der Waals surface area contributed by atoms with E-state index in [1.165, 1.54) is 0 Å². The van der Waals surface area contributed by atoms with E-state index < -0.39 is 18.0 Å². The zero-order valence-electron chi connectivity index (χ0n) is 19.3. The van der Waals surface area contributed by atoms with E-state index in [2.05, 4.69) is 15.5 Å². The van der Waals surface area contributed by atoms with Gasteiger partial charge in [0.2, 0.25) is 5.91 Å². The van der Waals surface area contributed by atoms with Gasteiger partial charge in [-0.3, -0.25) is 9.69 Å². The second kappa shape index (κ2) is 11.2. The van der Waals surface area contributed by atoms with Gasteiger partial charge in [-0.05, 0) is 50.6 Å². The van der Waals surface area contributed by atoms with Crippen molar-refractivity contribution in [2.24, 2.45) is 11.7 Å². The van der Waals surface area contributed by atoms with Crippen molar-refractivity contribution in [2.45, 2.75) is 32.4 Å². The first-order chi connectivity index (χ1) is 15.9. The highest BCUT2D eigenvalue weighted by Crippen LogP contribution is 2.32. The van der Waals surface area contributed by atoms with Gasteiger partial charge >= 0.3 is 12.0 Å². The Kier molecular flexibility index (Phi) is 8.29. The fourth-order valence-electron chi connectivity index (χ4n) is 4.29. The molecule has 10 nitrogen and oxygen atoms in total. The summed E-state index contributed by atoms with van der Waals surface area (Å²) in [6, 6.07) is 4.35. The number of nitrogens with one attached hydrogen (secondary N) is 2. The fraction of sp³-hybridized carbons (Fsp3) is 0.522. The van der Waals surface area contributed by atoms with Gasteiger partial charge in [-0.2, -0.15) is 0 Å². The van der Waals surface area contributed by atoms with Crippen LogP contribution in [0.25, 0.3) is 0 Å². The number of likely N-dealkylation sites (tertiary alicyclic amines) is 1. The van der Waals surface area contributed by atoms with Gasteiger partial charge in [0.05, 0.1) is 31.9 Å². The van der Waals surface area contributed by atoms with E-state index in [0.717, 1.165) is 5.56 Å². The molecule has 10 heteroatoms. The third-order valence-corrected chi connectivity index (χ3v) is 5.96. The van der Waals surface area contributed by atoms with E-state index in [9.17, 15) is 14.4 Å². The quantitative estimate of drug-likeness (QED) is 0.472. The molecule has 0 radical (unpaired) electrons. The summed E-state index contributed by atoms with van der Waals surface area (Å²) >= 11 is 0. The standard InChI is InChI=1S/C23H32N4O6/c1-4-33-22(29)19-17(12-27-9-7-14(8-10-27)21(24)28)25-23(30)26-20(19)15-5-6-18(32-3)16(11-15)13-31-2/h5-6,11,14,20H,4,7-10,12-13H2,1-3H3,(H2,24,28)(H2,25,26,30)/t20-/m1/s1. The Hall–Kier alpha value is -3.11. The van der Waals surface area contributed by atoms with Crippen LogP contribution in [0, 0.1) is 5.92 Å². The highest BCUT2D eigenvalue weighted by atomic mass is 16.5. The molecule has 2 aliphatic rings. The number of nitrogens with two attached hydrogens (primary N) is 1. The summed E-state index contributed by atoms with van der Waals surface area (Å²) < 4.78 is 16.0. The molecule has 180 valence electrons. The van der Waals surface area contributed by atoms with Crippen LogP contribution in [0.15, 0.2) is 29.5 Å². The molecule has 0 bridgehead atoms. The Morgan fingerprint density at radius 1 is 1.21 bits per heavy atom. The Balaban J connectivity index is 1.95. The van der Waals surface area contributed by atoms with Crippen LogP contribution in [-0.4, -0.2) is 63.3 Å². The average Bonchev–Trinajstić information content (AvgIpc) is 2.79. The van der Waals surface area contributed by atoms with Crippen LogP contribution in [0.1, 0.15) is 36.9 Å². The van der Waals surface area contributed by atoms with Crippen molar-refractivity contribution >= 4 is 17.9 Å². The molecule has 1 atom stereocenters. The number of primary amides is 1. The van der Waals surface area contributed by atoms with Crippen molar-refractivity contribution in [3.8, 4) is 5.75 Å². The summed E-state index contributed by atoms with van der Waals surface area (Å²) in [4.78, 5) is 39.2. The van der Waals surface area contributed by atoms with Crippen LogP contribution in [0.3, 0.4) is 0 Å². The molecule has 3 amide bonds. The van der Waals surface area contributed by atoms with Crippen molar-refractivity contribution in [1.29, 1.82) is 0 Å². The molecule has 0 aromatic heterocycles. The summed E-state index contributed by atoms with van der Waals surface area (Å²) in [5.41, 5.74) is 7.78. The highest BCUT2D eigenvalue weighted by molar-refractivity contribution is 5.95. The Morgan fingerprint density at radius 2 is 1.94 bits per heavy atom. The number of hydrogen-bond acceptors (Lipinski definition) is 7. The summed E-state index contributed by atoms with van der Waals surface area (Å²) in [5, 5.41) is 5.64. The summed E-state index contributed by atoms with van der Waals surface area (Å²) in [7, 11) is 3.16. The molecule has 1 aromatic rings. The number of ether oxygens (including phenoxy) is 3. The predicted molar refractivity (Wildman–Crippen MR) is 120 cm³/mol. The number of methoxy groups -OCH3 is 2. The van der Waals surface area contributed by atoms with Gasteiger partial charge in [0.15, 0.2) is 0 Å². The van der Waals surface area contributed by atoms with Crippen LogP contribution in [0.5, 0.6) is 5.75 Å². The lowest BCUT2D eigenvalue weighted by Crippen LogP contribution is -2.49. The lowest BCUT2D eigenvalue weighted by Gasteiger charge is -2.35. The molecule has 3 rings (SSSR count). The van der Waals surface area contributed by atoms with Crippen LogP contribution in [0.2, 0.25) is 0 Å². The first kappa shape index (κ1) is 24.5. The van der Waals surface area contributed by atoms with E-state index in [-0.39, 0.29) is 18.4 Å². The molecule has 1 fully saturated rings. The van der Waals surface area contributed by atoms with Gasteiger partial charge < -0.3 is 30.6 Å². The molecule has 0 spiro atoms. The second-order valence-corrected chi connectivity index (χ2v) is 8.10. The molecule has 2 heterocycles. The zero-order valence-corrected chi connectivity index (χ0v) is 19.3. The SMILES string of the molecule is CCOC(=O)C1=C(CN2CCC(C(N)=O)CC2)NC(=O)N[C@@H]1c1ccc(OC)c(COC)c1. The van der Waals surface area contributed by atoms with Crippen molar-refractivity contribution in [1.82, 2.24) is 15.5 Å². The Morgan fingerprint density at radius 3 is 2.55 bits per heavy atom. The number of amides is 3. The van der Waals surface area contributed by atoms with Crippen LogP contribution < -0.4 is 21.1 Å². The minimum absolute atomic E-state index is 0.145. The summed E-state index contributed by atoms with van der Waals surface area (Å²) in [5.74, 6) is -0.280. The highest BCUT2D eigenvalue weighted by Gasteiger charge is 2.35. The maximum atomic E-state index is 13.0. The van der Waals surface area contributed by atoms with E-state index in [1.807, 2.05) is 12.1 Å². The Labute approximate surface area is 193 Å².